The lowest BCUT2D eigenvalue weighted by molar-refractivity contribution is -0.114. The molecule has 1 aliphatic heterocycles. The number of fused-ring (bicyclic) bond motifs is 1. The summed E-state index contributed by atoms with van der Waals surface area (Å²) in [5.74, 6) is -0.0761. The number of amides is 1. The van der Waals surface area contributed by atoms with E-state index in [0.29, 0.717) is 5.02 Å². The second-order valence-electron chi connectivity index (χ2n) is 4.42. The molecule has 0 saturated heterocycles. The molecule has 1 aliphatic rings. The van der Waals surface area contributed by atoms with E-state index in [2.05, 4.69) is 39.8 Å². The molecule has 6 heteroatoms. The summed E-state index contributed by atoms with van der Waals surface area (Å²) in [6, 6.07) is 7.55. The number of hydrogen-bond acceptors (Lipinski definition) is 3. The van der Waals surface area contributed by atoms with Gasteiger partial charge in [-0.1, -0.05) is 23.7 Å². The molecular weight excluding hydrogens is 407 g/mol. The molecule has 2 heterocycles. The van der Waals surface area contributed by atoms with Gasteiger partial charge in [-0.2, -0.15) is 0 Å². The van der Waals surface area contributed by atoms with E-state index in [4.69, 9.17) is 11.6 Å². The average molecular weight is 417 g/mol. The summed E-state index contributed by atoms with van der Waals surface area (Å²) in [4.78, 5) is 16.2. The van der Waals surface area contributed by atoms with Crippen molar-refractivity contribution in [2.75, 3.05) is 11.9 Å². The van der Waals surface area contributed by atoms with Crippen molar-refractivity contribution in [2.24, 2.45) is 4.99 Å². The SMILES string of the molecule is Cc1c(I)sc2c1C(c1ccc(Cl)cc1)=NCC(=O)N2. The number of carbonyl (C=O) groups excluding carboxylic acids is 1. The first-order valence-corrected chi connectivity index (χ1v) is 8.23. The number of aliphatic imine (C=N–C) groups is 1. The molecule has 0 fully saturated rings. The van der Waals surface area contributed by atoms with Crippen LogP contribution in [0.4, 0.5) is 5.00 Å². The fourth-order valence-corrected chi connectivity index (χ4v) is 4.11. The van der Waals surface area contributed by atoms with Crippen LogP contribution in [0.25, 0.3) is 0 Å². The van der Waals surface area contributed by atoms with Gasteiger partial charge in [-0.15, -0.1) is 11.3 Å². The quantitative estimate of drug-likeness (QED) is 0.699. The molecule has 0 spiro atoms. The zero-order valence-corrected chi connectivity index (χ0v) is 14.3. The first-order chi connectivity index (χ1) is 9.56. The predicted octanol–water partition coefficient (Wildman–Crippen LogP) is 4.10. The zero-order valence-electron chi connectivity index (χ0n) is 10.5. The van der Waals surface area contributed by atoms with Crippen LogP contribution in [0, 0.1) is 9.81 Å². The molecule has 3 rings (SSSR count). The predicted molar refractivity (Wildman–Crippen MR) is 92.4 cm³/mol. The summed E-state index contributed by atoms with van der Waals surface area (Å²) in [5.41, 5.74) is 4.00. The van der Waals surface area contributed by atoms with Crippen molar-refractivity contribution < 1.29 is 4.79 Å². The van der Waals surface area contributed by atoms with E-state index in [9.17, 15) is 4.79 Å². The van der Waals surface area contributed by atoms with Gasteiger partial charge in [0.2, 0.25) is 5.91 Å². The Morgan fingerprint density at radius 2 is 2.05 bits per heavy atom. The van der Waals surface area contributed by atoms with Gasteiger partial charge in [0.1, 0.15) is 11.5 Å². The lowest BCUT2D eigenvalue weighted by atomic mass is 10.0. The number of hydrogen-bond donors (Lipinski definition) is 1. The minimum absolute atomic E-state index is 0.0761. The van der Waals surface area contributed by atoms with E-state index in [-0.39, 0.29) is 12.5 Å². The number of carbonyl (C=O) groups is 1. The number of nitrogens with one attached hydrogen (secondary N) is 1. The van der Waals surface area contributed by atoms with Crippen LogP contribution in [0.2, 0.25) is 5.02 Å². The van der Waals surface area contributed by atoms with Crippen LogP contribution in [0.5, 0.6) is 0 Å². The van der Waals surface area contributed by atoms with Crippen molar-refractivity contribution >= 4 is 62.1 Å². The van der Waals surface area contributed by atoms with Gasteiger partial charge in [-0.25, -0.2) is 0 Å². The third-order valence-electron chi connectivity index (χ3n) is 3.08. The van der Waals surface area contributed by atoms with Gasteiger partial charge >= 0.3 is 0 Å². The Hall–Kier alpha value is -0.920. The molecule has 1 amide bonds. The first kappa shape index (κ1) is 14.0. The van der Waals surface area contributed by atoms with Crippen LogP contribution < -0.4 is 5.32 Å². The number of anilines is 1. The van der Waals surface area contributed by atoms with Gasteiger partial charge in [0.05, 0.1) is 8.60 Å². The minimum atomic E-state index is -0.0761. The molecule has 3 nitrogen and oxygen atoms in total. The highest BCUT2D eigenvalue weighted by molar-refractivity contribution is 14.1. The van der Waals surface area contributed by atoms with E-state index in [1.807, 2.05) is 24.3 Å². The topological polar surface area (TPSA) is 41.5 Å². The summed E-state index contributed by atoms with van der Waals surface area (Å²) < 4.78 is 1.16. The summed E-state index contributed by atoms with van der Waals surface area (Å²) >= 11 is 9.81. The average Bonchev–Trinajstić information content (AvgIpc) is 2.59. The fraction of sp³-hybridized carbons (Fsp3) is 0.143. The van der Waals surface area contributed by atoms with E-state index in [1.54, 1.807) is 11.3 Å². The zero-order chi connectivity index (χ0) is 14.3. The molecule has 1 aromatic heterocycles. The molecule has 0 unspecified atom stereocenters. The maximum Gasteiger partial charge on any atom is 0.246 e. The maximum atomic E-state index is 11.8. The Morgan fingerprint density at radius 1 is 1.35 bits per heavy atom. The smallest absolute Gasteiger partial charge is 0.246 e. The fourth-order valence-electron chi connectivity index (χ4n) is 2.10. The normalized spacial score (nSPS) is 14.3. The lowest BCUT2D eigenvalue weighted by Crippen LogP contribution is -2.12. The van der Waals surface area contributed by atoms with Crippen molar-refractivity contribution in [1.82, 2.24) is 0 Å². The van der Waals surface area contributed by atoms with Crippen LogP contribution in [0.3, 0.4) is 0 Å². The first-order valence-electron chi connectivity index (χ1n) is 5.96. The number of thiophene rings is 1. The number of benzene rings is 1. The molecule has 2 aromatic rings. The minimum Gasteiger partial charge on any atom is -0.315 e. The van der Waals surface area contributed by atoms with E-state index in [1.165, 1.54) is 0 Å². The van der Waals surface area contributed by atoms with Gasteiger partial charge in [-0.3, -0.25) is 9.79 Å². The molecule has 0 saturated carbocycles. The Kier molecular flexibility index (Phi) is 3.83. The van der Waals surface area contributed by atoms with Gasteiger partial charge in [0, 0.05) is 16.1 Å². The second-order valence-corrected chi connectivity index (χ2v) is 7.69. The summed E-state index contributed by atoms with van der Waals surface area (Å²) in [6.45, 7) is 2.20. The third kappa shape index (κ3) is 2.49. The van der Waals surface area contributed by atoms with Crippen LogP contribution in [-0.2, 0) is 4.79 Å². The molecule has 0 radical (unpaired) electrons. The maximum absolute atomic E-state index is 11.8. The Morgan fingerprint density at radius 3 is 2.75 bits per heavy atom. The largest absolute Gasteiger partial charge is 0.315 e. The number of halogens is 2. The van der Waals surface area contributed by atoms with Crippen molar-refractivity contribution in [3.05, 3.63) is 48.9 Å². The van der Waals surface area contributed by atoms with Crippen LogP contribution in [0.15, 0.2) is 29.3 Å². The third-order valence-corrected chi connectivity index (χ3v) is 5.79. The second kappa shape index (κ2) is 5.46. The van der Waals surface area contributed by atoms with E-state index < -0.39 is 0 Å². The summed E-state index contributed by atoms with van der Waals surface area (Å²) in [5, 5.41) is 4.50. The van der Waals surface area contributed by atoms with Crippen LogP contribution >= 0.6 is 45.5 Å². The highest BCUT2D eigenvalue weighted by Crippen LogP contribution is 2.36. The van der Waals surface area contributed by atoms with Gasteiger partial charge in [0.25, 0.3) is 0 Å². The molecule has 1 N–H and O–H groups in total. The number of nitrogens with zero attached hydrogens (tertiary/aromatic N) is 1. The molecule has 1 aromatic carbocycles. The van der Waals surface area contributed by atoms with Gasteiger partial charge in [0.15, 0.2) is 0 Å². The molecule has 0 bridgehead atoms. The summed E-state index contributed by atoms with van der Waals surface area (Å²) in [7, 11) is 0. The van der Waals surface area contributed by atoms with Crippen molar-refractivity contribution in [3.8, 4) is 0 Å². The van der Waals surface area contributed by atoms with Gasteiger partial charge < -0.3 is 5.32 Å². The van der Waals surface area contributed by atoms with E-state index >= 15 is 0 Å². The lowest BCUT2D eigenvalue weighted by Gasteiger charge is -2.07. The summed E-state index contributed by atoms with van der Waals surface area (Å²) in [6.07, 6.45) is 0. The van der Waals surface area contributed by atoms with E-state index in [0.717, 1.165) is 30.3 Å². The molecule has 102 valence electrons. The van der Waals surface area contributed by atoms with Gasteiger partial charge in [-0.05, 0) is 47.2 Å². The van der Waals surface area contributed by atoms with Crippen molar-refractivity contribution in [3.63, 3.8) is 0 Å². The molecule has 0 aliphatic carbocycles. The molecular formula is C14H10ClIN2OS. The van der Waals surface area contributed by atoms with Crippen LogP contribution in [0.1, 0.15) is 16.7 Å². The monoisotopic (exact) mass is 416 g/mol. The molecule has 0 atom stereocenters. The highest BCUT2D eigenvalue weighted by Gasteiger charge is 2.23. The van der Waals surface area contributed by atoms with Crippen molar-refractivity contribution in [2.45, 2.75) is 6.92 Å². The Bertz CT molecular complexity index is 722. The Labute approximate surface area is 139 Å². The van der Waals surface area contributed by atoms with Crippen molar-refractivity contribution in [1.29, 1.82) is 0 Å². The highest BCUT2D eigenvalue weighted by atomic mass is 127. The molecule has 20 heavy (non-hydrogen) atoms. The number of rotatable bonds is 1. The standard InChI is InChI=1S/C14H10ClIN2OS/c1-7-11-12(8-2-4-9(15)5-3-8)17-6-10(19)18-14(11)20-13(7)16/h2-5H,6H2,1H3,(H,18,19). The Balaban J connectivity index is 2.20. The van der Waals surface area contributed by atoms with Crippen LogP contribution in [-0.4, -0.2) is 18.2 Å².